The van der Waals surface area contributed by atoms with Gasteiger partial charge < -0.3 is 19.1 Å². The lowest BCUT2D eigenvalue weighted by atomic mass is 9.82. The summed E-state index contributed by atoms with van der Waals surface area (Å²) in [6, 6.07) is 7.86. The van der Waals surface area contributed by atoms with Crippen LogP contribution < -0.4 is 0 Å². The summed E-state index contributed by atoms with van der Waals surface area (Å²) < 4.78 is 42.9. The number of carboxylic acids is 1. The molecule has 9 heteroatoms. The Morgan fingerprint density at radius 3 is 2.71 bits per heavy atom. The molecule has 7 nitrogen and oxygen atoms in total. The van der Waals surface area contributed by atoms with Gasteiger partial charge in [0.15, 0.2) is 11.9 Å². The molecule has 0 amide bonds. The average Bonchev–Trinajstić information content (AvgIpc) is 3.51. The van der Waals surface area contributed by atoms with Crippen molar-refractivity contribution in [2.45, 2.75) is 37.7 Å². The molecule has 2 aromatic heterocycles. The second kappa shape index (κ2) is 8.18. The molecule has 5 rings (SSSR count). The van der Waals surface area contributed by atoms with Crippen molar-refractivity contribution in [3.05, 3.63) is 59.4 Å². The Balaban J connectivity index is 1.91. The van der Waals surface area contributed by atoms with Crippen LogP contribution in [0.2, 0.25) is 0 Å². The van der Waals surface area contributed by atoms with Gasteiger partial charge in [-0.25, -0.2) is 13.6 Å². The molecule has 0 bridgehead atoms. The van der Waals surface area contributed by atoms with Gasteiger partial charge in [-0.3, -0.25) is 5.10 Å². The van der Waals surface area contributed by atoms with Crippen LogP contribution in [-0.4, -0.2) is 52.3 Å². The highest BCUT2D eigenvalue weighted by Crippen LogP contribution is 2.46. The third kappa shape index (κ3) is 3.47. The first kappa shape index (κ1) is 22.5. The molecule has 3 heterocycles. The number of nitrogens with one attached hydrogen (secondary N) is 1. The molecule has 4 aromatic rings. The van der Waals surface area contributed by atoms with Gasteiger partial charge in [0.05, 0.1) is 24.9 Å². The maximum Gasteiger partial charge on any atom is 0.332 e. The number of H-pyrrole nitrogens is 1. The molecule has 34 heavy (non-hydrogen) atoms. The number of aliphatic carboxylic acids is 1. The van der Waals surface area contributed by atoms with Crippen molar-refractivity contribution in [2.24, 2.45) is 0 Å². The number of aromatic amines is 1. The number of fused-ring (bicyclic) bond motifs is 2. The normalized spacial score (nSPS) is 18.9. The number of benzene rings is 2. The fourth-order valence-corrected chi connectivity index (χ4v) is 5.18. The number of carboxylic acid groups (broad SMARTS) is 1. The van der Waals surface area contributed by atoms with Gasteiger partial charge in [0.1, 0.15) is 11.3 Å². The van der Waals surface area contributed by atoms with Crippen molar-refractivity contribution < 1.29 is 28.2 Å². The van der Waals surface area contributed by atoms with Crippen molar-refractivity contribution in [2.75, 3.05) is 20.3 Å². The van der Waals surface area contributed by atoms with E-state index in [2.05, 4.69) is 10.2 Å². The molecule has 0 aliphatic carbocycles. The molecule has 178 valence electrons. The SMILES string of the molecule is COCC(C)(C)c1c([C@H]2COC(C(=O)O)C2)c2c(F)c3[nH]ncc3cc2n1-c1ccc(F)cc1. The molecule has 2 N–H and O–H groups in total. The Morgan fingerprint density at radius 2 is 2.06 bits per heavy atom. The lowest BCUT2D eigenvalue weighted by molar-refractivity contribution is -0.147. The molecule has 1 saturated heterocycles. The van der Waals surface area contributed by atoms with Crippen LogP contribution in [0.1, 0.15) is 37.4 Å². The third-order valence-corrected chi connectivity index (χ3v) is 6.56. The summed E-state index contributed by atoms with van der Waals surface area (Å²) in [5.74, 6) is -2.24. The minimum absolute atomic E-state index is 0.149. The minimum atomic E-state index is -1.04. The van der Waals surface area contributed by atoms with Crippen LogP contribution in [0.4, 0.5) is 8.78 Å². The Morgan fingerprint density at radius 1 is 1.32 bits per heavy atom. The molecule has 1 aliphatic heterocycles. The van der Waals surface area contributed by atoms with Crippen LogP contribution in [0.15, 0.2) is 36.5 Å². The summed E-state index contributed by atoms with van der Waals surface area (Å²) in [7, 11) is 1.60. The van der Waals surface area contributed by atoms with Gasteiger partial charge in [-0.15, -0.1) is 0 Å². The average molecular weight is 469 g/mol. The molecular formula is C25H25F2N3O4. The zero-order valence-electron chi connectivity index (χ0n) is 19.1. The quantitative estimate of drug-likeness (QED) is 0.429. The minimum Gasteiger partial charge on any atom is -0.479 e. The predicted octanol–water partition coefficient (Wildman–Crippen LogP) is 4.67. The van der Waals surface area contributed by atoms with Crippen LogP contribution in [0.5, 0.6) is 0 Å². The number of rotatable bonds is 6. The molecule has 1 fully saturated rings. The highest BCUT2D eigenvalue weighted by Gasteiger charge is 2.40. The Hall–Kier alpha value is -3.30. The van der Waals surface area contributed by atoms with Crippen LogP contribution in [0.25, 0.3) is 27.5 Å². The first-order valence-corrected chi connectivity index (χ1v) is 11.0. The van der Waals surface area contributed by atoms with Crippen LogP contribution in [0.3, 0.4) is 0 Å². The van der Waals surface area contributed by atoms with E-state index in [0.29, 0.717) is 34.1 Å². The van der Waals surface area contributed by atoms with E-state index in [0.717, 1.165) is 5.69 Å². The molecule has 1 aliphatic rings. The van der Waals surface area contributed by atoms with Crippen molar-refractivity contribution in [1.29, 1.82) is 0 Å². The molecule has 0 radical (unpaired) electrons. The third-order valence-electron chi connectivity index (χ3n) is 6.56. The van der Waals surface area contributed by atoms with Gasteiger partial charge in [-0.2, -0.15) is 5.10 Å². The lowest BCUT2D eigenvalue weighted by Crippen LogP contribution is -2.29. The zero-order chi connectivity index (χ0) is 24.2. The van der Waals surface area contributed by atoms with E-state index >= 15 is 4.39 Å². The van der Waals surface area contributed by atoms with E-state index < -0.39 is 23.3 Å². The zero-order valence-corrected chi connectivity index (χ0v) is 19.1. The smallest absolute Gasteiger partial charge is 0.332 e. The number of methoxy groups -OCH3 is 1. The fourth-order valence-electron chi connectivity index (χ4n) is 5.18. The standard InChI is InChI=1S/C25H25F2N3O4/c1-25(2,12-33-3)23-19(14-9-18(24(31)32)34-11-14)20-17(8-13-10-28-29-22(13)21(20)27)30(23)16-6-4-15(26)5-7-16/h4-8,10,14,18H,9,11-12H2,1-3H3,(H,28,29)(H,31,32)/t14-,18?/m1/s1. The van der Waals surface area contributed by atoms with Gasteiger partial charge in [0.2, 0.25) is 0 Å². The van der Waals surface area contributed by atoms with Crippen LogP contribution in [0, 0.1) is 11.6 Å². The summed E-state index contributed by atoms with van der Waals surface area (Å²) in [6.45, 7) is 4.46. The highest BCUT2D eigenvalue weighted by molar-refractivity contribution is 6.00. The summed E-state index contributed by atoms with van der Waals surface area (Å²) in [5, 5.41) is 17.2. The Bertz CT molecular complexity index is 1390. The van der Waals surface area contributed by atoms with E-state index in [1.54, 1.807) is 25.4 Å². The number of hydrogen-bond donors (Lipinski definition) is 2. The Labute approximate surface area is 194 Å². The van der Waals surface area contributed by atoms with Crippen molar-refractivity contribution in [3.63, 3.8) is 0 Å². The van der Waals surface area contributed by atoms with Gasteiger partial charge in [-0.05, 0) is 42.3 Å². The summed E-state index contributed by atoms with van der Waals surface area (Å²) in [4.78, 5) is 11.6. The monoisotopic (exact) mass is 469 g/mol. The molecule has 2 atom stereocenters. The van der Waals surface area contributed by atoms with Crippen LogP contribution in [-0.2, 0) is 19.7 Å². The van der Waals surface area contributed by atoms with Crippen molar-refractivity contribution in [3.8, 4) is 5.69 Å². The second-order valence-electron chi connectivity index (χ2n) is 9.40. The first-order valence-electron chi connectivity index (χ1n) is 11.0. The lowest BCUT2D eigenvalue weighted by Gasteiger charge is -2.29. The van der Waals surface area contributed by atoms with E-state index in [4.69, 9.17) is 9.47 Å². The largest absolute Gasteiger partial charge is 0.479 e. The molecule has 1 unspecified atom stereocenters. The number of nitrogens with zero attached hydrogens (tertiary/aromatic N) is 2. The number of aromatic nitrogens is 3. The van der Waals surface area contributed by atoms with Gasteiger partial charge in [0.25, 0.3) is 0 Å². The number of hydrogen-bond acceptors (Lipinski definition) is 4. The molecule has 0 spiro atoms. The summed E-state index contributed by atoms with van der Waals surface area (Å²) >= 11 is 0. The van der Waals surface area contributed by atoms with E-state index in [9.17, 15) is 14.3 Å². The maximum absolute atomic E-state index is 16.1. The predicted molar refractivity (Wildman–Crippen MR) is 122 cm³/mol. The van der Waals surface area contributed by atoms with E-state index in [1.165, 1.54) is 12.1 Å². The van der Waals surface area contributed by atoms with E-state index in [-0.39, 0.29) is 30.3 Å². The second-order valence-corrected chi connectivity index (χ2v) is 9.40. The van der Waals surface area contributed by atoms with Gasteiger partial charge in [0, 0.05) is 40.6 Å². The topological polar surface area (TPSA) is 89.4 Å². The molecule has 2 aromatic carbocycles. The van der Waals surface area contributed by atoms with E-state index in [1.807, 2.05) is 24.5 Å². The maximum atomic E-state index is 16.1. The fraction of sp³-hybridized carbons (Fsp3) is 0.360. The molecule has 0 saturated carbocycles. The number of halogens is 2. The van der Waals surface area contributed by atoms with Gasteiger partial charge >= 0.3 is 5.97 Å². The summed E-state index contributed by atoms with van der Waals surface area (Å²) in [5.41, 5.74) is 2.37. The highest BCUT2D eigenvalue weighted by atomic mass is 19.1. The number of carbonyl (C=O) groups is 1. The molecular weight excluding hydrogens is 444 g/mol. The van der Waals surface area contributed by atoms with Crippen molar-refractivity contribution >= 4 is 27.8 Å². The summed E-state index contributed by atoms with van der Waals surface area (Å²) in [6.07, 6.45) is 0.805. The Kier molecular flexibility index (Phi) is 5.41. The van der Waals surface area contributed by atoms with Gasteiger partial charge in [-0.1, -0.05) is 13.8 Å². The van der Waals surface area contributed by atoms with Crippen LogP contribution >= 0.6 is 0 Å². The first-order chi connectivity index (χ1) is 16.2. The van der Waals surface area contributed by atoms with Crippen molar-refractivity contribution in [1.82, 2.24) is 14.8 Å². The number of ether oxygens (including phenoxy) is 2.